The zero-order valence-electron chi connectivity index (χ0n) is 10.9. The van der Waals surface area contributed by atoms with Crippen LogP contribution >= 0.6 is 0 Å². The van der Waals surface area contributed by atoms with Crippen molar-refractivity contribution in [3.05, 3.63) is 18.0 Å². The van der Waals surface area contributed by atoms with Crippen molar-refractivity contribution < 1.29 is 0 Å². The monoisotopic (exact) mass is 223 g/mol. The Morgan fingerprint density at radius 1 is 1.31 bits per heavy atom. The Kier molecular flexibility index (Phi) is 6.16. The highest BCUT2D eigenvalue weighted by Crippen LogP contribution is 2.06. The maximum atomic E-state index is 4.32. The molecule has 0 atom stereocenters. The van der Waals surface area contributed by atoms with Crippen molar-refractivity contribution in [2.45, 2.75) is 53.1 Å². The first-order chi connectivity index (χ1) is 7.81. The molecule has 3 heteroatoms. The van der Waals surface area contributed by atoms with Crippen molar-refractivity contribution in [3.63, 3.8) is 0 Å². The van der Waals surface area contributed by atoms with Gasteiger partial charge in [-0.15, -0.1) is 0 Å². The van der Waals surface area contributed by atoms with Crippen LogP contribution in [0.15, 0.2) is 12.3 Å². The lowest BCUT2D eigenvalue weighted by Gasteiger charge is -2.13. The van der Waals surface area contributed by atoms with E-state index in [2.05, 4.69) is 41.9 Å². The molecule has 0 aliphatic heterocycles. The van der Waals surface area contributed by atoms with Gasteiger partial charge in [-0.1, -0.05) is 33.6 Å². The molecule has 1 rings (SSSR count). The molecule has 0 aliphatic carbocycles. The topological polar surface area (TPSA) is 29.9 Å². The highest BCUT2D eigenvalue weighted by atomic mass is 15.3. The van der Waals surface area contributed by atoms with Gasteiger partial charge in [-0.2, -0.15) is 5.10 Å². The fourth-order valence-electron chi connectivity index (χ4n) is 1.91. The van der Waals surface area contributed by atoms with Crippen LogP contribution in [0, 0.1) is 5.92 Å². The zero-order chi connectivity index (χ0) is 11.8. The largest absolute Gasteiger partial charge is 0.311 e. The van der Waals surface area contributed by atoms with E-state index < -0.39 is 0 Å². The summed E-state index contributed by atoms with van der Waals surface area (Å²) in [4.78, 5) is 0. The molecular formula is C13H25N3. The zero-order valence-corrected chi connectivity index (χ0v) is 10.9. The van der Waals surface area contributed by atoms with E-state index in [1.807, 2.05) is 6.20 Å². The number of nitrogens with one attached hydrogen (secondary N) is 1. The number of aromatic nitrogens is 2. The van der Waals surface area contributed by atoms with E-state index in [9.17, 15) is 0 Å². The smallest absolute Gasteiger partial charge is 0.0522 e. The predicted molar refractivity (Wildman–Crippen MR) is 68.3 cm³/mol. The summed E-state index contributed by atoms with van der Waals surface area (Å²) in [6.07, 6.45) is 5.56. The fourth-order valence-corrected chi connectivity index (χ4v) is 1.91. The summed E-state index contributed by atoms with van der Waals surface area (Å²) in [6.45, 7) is 9.78. The number of aryl methyl sites for hydroxylation is 1. The number of nitrogens with zero attached hydrogens (tertiary/aromatic N) is 2. The minimum Gasteiger partial charge on any atom is -0.311 e. The molecule has 0 unspecified atom stereocenters. The molecule has 92 valence electrons. The van der Waals surface area contributed by atoms with E-state index in [4.69, 9.17) is 0 Å². The highest BCUT2D eigenvalue weighted by molar-refractivity contribution is 4.99. The van der Waals surface area contributed by atoms with Gasteiger partial charge in [0.05, 0.1) is 5.69 Å². The summed E-state index contributed by atoms with van der Waals surface area (Å²) in [6, 6.07) is 2.11. The van der Waals surface area contributed by atoms with Crippen LogP contribution in [0.1, 0.15) is 45.7 Å². The van der Waals surface area contributed by atoms with E-state index in [1.165, 1.54) is 18.5 Å². The average molecular weight is 223 g/mol. The SMILES string of the molecule is CCCn1nccc1CNCC(CC)CC. The Labute approximate surface area is 99.2 Å². The van der Waals surface area contributed by atoms with Crippen LogP contribution in [-0.2, 0) is 13.1 Å². The van der Waals surface area contributed by atoms with Gasteiger partial charge in [-0.3, -0.25) is 4.68 Å². The number of rotatable bonds is 8. The van der Waals surface area contributed by atoms with Crippen LogP contribution in [-0.4, -0.2) is 16.3 Å². The van der Waals surface area contributed by atoms with Crippen molar-refractivity contribution >= 4 is 0 Å². The van der Waals surface area contributed by atoms with E-state index >= 15 is 0 Å². The lowest BCUT2D eigenvalue weighted by molar-refractivity contribution is 0.441. The molecule has 0 amide bonds. The van der Waals surface area contributed by atoms with Crippen LogP contribution < -0.4 is 5.32 Å². The molecule has 1 aromatic rings. The molecule has 1 N–H and O–H groups in total. The Morgan fingerprint density at radius 2 is 2.06 bits per heavy atom. The quantitative estimate of drug-likeness (QED) is 0.734. The second kappa shape index (κ2) is 7.44. The second-order valence-electron chi connectivity index (χ2n) is 4.36. The van der Waals surface area contributed by atoms with Gasteiger partial charge in [-0.25, -0.2) is 0 Å². The Balaban J connectivity index is 2.33. The lowest BCUT2D eigenvalue weighted by atomic mass is 10.0. The number of hydrogen-bond acceptors (Lipinski definition) is 2. The molecule has 0 spiro atoms. The van der Waals surface area contributed by atoms with Crippen molar-refractivity contribution in [2.75, 3.05) is 6.54 Å². The molecule has 0 aliphatic rings. The van der Waals surface area contributed by atoms with Crippen molar-refractivity contribution in [2.24, 2.45) is 5.92 Å². The van der Waals surface area contributed by atoms with Gasteiger partial charge >= 0.3 is 0 Å². The van der Waals surface area contributed by atoms with Crippen LogP contribution in [0.4, 0.5) is 0 Å². The minimum absolute atomic E-state index is 0.808. The fraction of sp³-hybridized carbons (Fsp3) is 0.769. The van der Waals surface area contributed by atoms with Crippen molar-refractivity contribution in [1.29, 1.82) is 0 Å². The first-order valence-corrected chi connectivity index (χ1v) is 6.53. The molecule has 0 bridgehead atoms. The lowest BCUT2D eigenvalue weighted by Crippen LogP contribution is -2.23. The van der Waals surface area contributed by atoms with Crippen LogP contribution in [0.5, 0.6) is 0 Å². The minimum atomic E-state index is 0.808. The van der Waals surface area contributed by atoms with Gasteiger partial charge in [-0.05, 0) is 24.9 Å². The van der Waals surface area contributed by atoms with Crippen molar-refractivity contribution in [1.82, 2.24) is 15.1 Å². The summed E-state index contributed by atoms with van der Waals surface area (Å²) >= 11 is 0. The average Bonchev–Trinajstić information content (AvgIpc) is 2.73. The first kappa shape index (κ1) is 13.2. The Hall–Kier alpha value is -0.830. The highest BCUT2D eigenvalue weighted by Gasteiger charge is 2.04. The molecule has 1 aromatic heterocycles. The van der Waals surface area contributed by atoms with Gasteiger partial charge in [0, 0.05) is 19.3 Å². The first-order valence-electron chi connectivity index (χ1n) is 6.53. The molecular weight excluding hydrogens is 198 g/mol. The van der Waals surface area contributed by atoms with Crippen molar-refractivity contribution in [3.8, 4) is 0 Å². The van der Waals surface area contributed by atoms with Crippen LogP contribution in [0.3, 0.4) is 0 Å². The summed E-state index contributed by atoms with van der Waals surface area (Å²) in [5, 5.41) is 7.85. The molecule has 0 fully saturated rings. The summed E-state index contributed by atoms with van der Waals surface area (Å²) < 4.78 is 2.10. The summed E-state index contributed by atoms with van der Waals surface area (Å²) in [5.74, 6) is 0.808. The summed E-state index contributed by atoms with van der Waals surface area (Å²) in [5.41, 5.74) is 1.30. The normalized spacial score (nSPS) is 11.2. The second-order valence-corrected chi connectivity index (χ2v) is 4.36. The third kappa shape index (κ3) is 3.97. The van der Waals surface area contributed by atoms with E-state index in [0.29, 0.717) is 0 Å². The van der Waals surface area contributed by atoms with E-state index in [-0.39, 0.29) is 0 Å². The number of hydrogen-bond donors (Lipinski definition) is 1. The van der Waals surface area contributed by atoms with Gasteiger partial charge < -0.3 is 5.32 Å². The molecule has 3 nitrogen and oxygen atoms in total. The Morgan fingerprint density at radius 3 is 2.69 bits per heavy atom. The molecule has 0 saturated heterocycles. The third-order valence-corrected chi connectivity index (χ3v) is 3.13. The maximum Gasteiger partial charge on any atom is 0.0522 e. The molecule has 16 heavy (non-hydrogen) atoms. The molecule has 1 heterocycles. The van der Waals surface area contributed by atoms with Gasteiger partial charge in [0.1, 0.15) is 0 Å². The predicted octanol–water partition coefficient (Wildman–Crippen LogP) is 2.82. The standard InChI is InChI=1S/C13H25N3/c1-4-9-16-13(7-8-15-16)11-14-10-12(5-2)6-3/h7-8,12,14H,4-6,9-11H2,1-3H3. The molecule has 0 radical (unpaired) electrons. The van der Waals surface area contributed by atoms with Crippen LogP contribution in [0.2, 0.25) is 0 Å². The van der Waals surface area contributed by atoms with Gasteiger partial charge in [0.15, 0.2) is 0 Å². The molecule has 0 saturated carbocycles. The Bertz CT molecular complexity index is 276. The van der Waals surface area contributed by atoms with Gasteiger partial charge in [0.25, 0.3) is 0 Å². The summed E-state index contributed by atoms with van der Waals surface area (Å²) in [7, 11) is 0. The van der Waals surface area contributed by atoms with E-state index in [0.717, 1.165) is 32.0 Å². The third-order valence-electron chi connectivity index (χ3n) is 3.13. The maximum absolute atomic E-state index is 4.32. The van der Waals surface area contributed by atoms with Crippen LogP contribution in [0.25, 0.3) is 0 Å². The van der Waals surface area contributed by atoms with Gasteiger partial charge in [0.2, 0.25) is 0 Å². The molecule has 0 aromatic carbocycles. The van der Waals surface area contributed by atoms with E-state index in [1.54, 1.807) is 0 Å².